The predicted octanol–water partition coefficient (Wildman–Crippen LogP) is 2.14. The molecule has 84 valence electrons. The normalized spacial score (nSPS) is 12.5. The first-order valence-corrected chi connectivity index (χ1v) is 5.03. The van der Waals surface area contributed by atoms with Crippen LogP contribution in [0.3, 0.4) is 0 Å². The van der Waals surface area contributed by atoms with E-state index in [1.165, 1.54) is 7.11 Å². The van der Waals surface area contributed by atoms with E-state index in [4.69, 9.17) is 10.6 Å². The second-order valence-electron chi connectivity index (χ2n) is 3.37. The van der Waals surface area contributed by atoms with Crippen LogP contribution >= 0.6 is 0 Å². The molecule has 0 radical (unpaired) electrons. The van der Waals surface area contributed by atoms with Crippen molar-refractivity contribution in [3.05, 3.63) is 29.6 Å². The predicted molar refractivity (Wildman–Crippen MR) is 57.9 cm³/mol. The number of methoxy groups -OCH3 is 1. The van der Waals surface area contributed by atoms with Crippen molar-refractivity contribution in [1.29, 1.82) is 0 Å². The number of nitrogens with two attached hydrogens (primary N) is 1. The average molecular weight is 212 g/mol. The fourth-order valence-corrected chi connectivity index (χ4v) is 1.57. The number of hydrogen-bond donors (Lipinski definition) is 2. The molecule has 1 aromatic carbocycles. The van der Waals surface area contributed by atoms with Gasteiger partial charge in [-0.1, -0.05) is 25.5 Å². The molecule has 0 aliphatic carbocycles. The molecule has 0 aliphatic heterocycles. The average Bonchev–Trinajstić information content (AvgIpc) is 2.27. The van der Waals surface area contributed by atoms with Crippen molar-refractivity contribution in [1.82, 2.24) is 5.43 Å². The summed E-state index contributed by atoms with van der Waals surface area (Å²) in [4.78, 5) is 0. The topological polar surface area (TPSA) is 47.3 Å². The van der Waals surface area contributed by atoms with Gasteiger partial charge in [-0.3, -0.25) is 11.3 Å². The van der Waals surface area contributed by atoms with Crippen LogP contribution < -0.4 is 16.0 Å². The largest absolute Gasteiger partial charge is 0.494 e. The van der Waals surface area contributed by atoms with Crippen molar-refractivity contribution in [2.75, 3.05) is 7.11 Å². The Hall–Kier alpha value is -1.13. The summed E-state index contributed by atoms with van der Waals surface area (Å²) in [5, 5.41) is 0. The summed E-state index contributed by atoms with van der Waals surface area (Å²) in [5.41, 5.74) is 3.17. The molecule has 15 heavy (non-hydrogen) atoms. The summed E-state index contributed by atoms with van der Waals surface area (Å²) >= 11 is 0. The Labute approximate surface area is 89.4 Å². The first-order valence-electron chi connectivity index (χ1n) is 5.03. The zero-order chi connectivity index (χ0) is 11.3. The second kappa shape index (κ2) is 5.68. The van der Waals surface area contributed by atoms with Crippen LogP contribution in [0.1, 0.15) is 31.4 Å². The minimum atomic E-state index is -0.337. The van der Waals surface area contributed by atoms with Crippen LogP contribution in [-0.2, 0) is 0 Å². The van der Waals surface area contributed by atoms with Crippen molar-refractivity contribution in [2.45, 2.75) is 25.8 Å². The molecule has 0 bridgehead atoms. The third-order valence-electron chi connectivity index (χ3n) is 2.37. The standard InChI is InChI=1S/C11H17FN2O/c1-3-5-9(14-13)8-6-4-7-10(15-2)11(8)12/h4,6-7,9,14H,3,5,13H2,1-2H3. The molecule has 3 nitrogen and oxygen atoms in total. The zero-order valence-electron chi connectivity index (χ0n) is 9.09. The molecule has 0 aliphatic rings. The Morgan fingerprint density at radius 2 is 2.27 bits per heavy atom. The van der Waals surface area contributed by atoms with Crippen molar-refractivity contribution in [3.63, 3.8) is 0 Å². The number of ether oxygens (including phenoxy) is 1. The number of hydrogen-bond acceptors (Lipinski definition) is 3. The van der Waals surface area contributed by atoms with Gasteiger partial charge in [-0.25, -0.2) is 4.39 Å². The van der Waals surface area contributed by atoms with Crippen LogP contribution in [0.2, 0.25) is 0 Å². The molecule has 3 N–H and O–H groups in total. The Morgan fingerprint density at radius 3 is 2.80 bits per heavy atom. The van der Waals surface area contributed by atoms with E-state index in [0.717, 1.165) is 12.8 Å². The maximum absolute atomic E-state index is 13.8. The van der Waals surface area contributed by atoms with Gasteiger partial charge in [0.1, 0.15) is 0 Å². The van der Waals surface area contributed by atoms with Crippen LogP contribution in [0.15, 0.2) is 18.2 Å². The highest BCUT2D eigenvalue weighted by atomic mass is 19.1. The number of nitrogens with one attached hydrogen (secondary N) is 1. The van der Waals surface area contributed by atoms with Gasteiger partial charge in [0.15, 0.2) is 11.6 Å². The summed E-state index contributed by atoms with van der Waals surface area (Å²) in [6.07, 6.45) is 1.73. The summed E-state index contributed by atoms with van der Waals surface area (Å²) < 4.78 is 18.7. The molecule has 0 saturated heterocycles. The second-order valence-corrected chi connectivity index (χ2v) is 3.37. The van der Waals surface area contributed by atoms with Gasteiger partial charge in [0.25, 0.3) is 0 Å². The summed E-state index contributed by atoms with van der Waals surface area (Å²) in [6, 6.07) is 4.92. The van der Waals surface area contributed by atoms with Gasteiger partial charge < -0.3 is 4.74 Å². The Kier molecular flexibility index (Phi) is 4.52. The van der Waals surface area contributed by atoms with Gasteiger partial charge in [0.05, 0.1) is 7.11 Å². The SMILES string of the molecule is CCCC(NN)c1cccc(OC)c1F. The number of hydrazine groups is 1. The molecule has 0 amide bonds. The maximum atomic E-state index is 13.8. The monoisotopic (exact) mass is 212 g/mol. The molecule has 0 saturated carbocycles. The van der Waals surface area contributed by atoms with E-state index in [1.807, 2.05) is 6.92 Å². The highest BCUT2D eigenvalue weighted by Gasteiger charge is 2.16. The van der Waals surface area contributed by atoms with Gasteiger partial charge in [-0.2, -0.15) is 0 Å². The lowest BCUT2D eigenvalue weighted by atomic mass is 10.0. The number of benzene rings is 1. The molecular weight excluding hydrogens is 195 g/mol. The molecule has 4 heteroatoms. The van der Waals surface area contributed by atoms with Gasteiger partial charge >= 0.3 is 0 Å². The molecule has 0 aromatic heterocycles. The van der Waals surface area contributed by atoms with Gasteiger partial charge in [0, 0.05) is 11.6 Å². The minimum Gasteiger partial charge on any atom is -0.494 e. The molecule has 1 aromatic rings. The first-order chi connectivity index (χ1) is 7.24. The minimum absolute atomic E-state index is 0.162. The molecular formula is C11H17FN2O. The van der Waals surface area contributed by atoms with E-state index in [-0.39, 0.29) is 17.6 Å². The van der Waals surface area contributed by atoms with E-state index >= 15 is 0 Å². The van der Waals surface area contributed by atoms with Gasteiger partial charge in [0.2, 0.25) is 0 Å². The Bertz CT molecular complexity index is 317. The van der Waals surface area contributed by atoms with Crippen molar-refractivity contribution in [2.24, 2.45) is 5.84 Å². The van der Waals surface area contributed by atoms with Crippen molar-refractivity contribution < 1.29 is 9.13 Å². The van der Waals surface area contributed by atoms with E-state index < -0.39 is 0 Å². The molecule has 1 atom stereocenters. The van der Waals surface area contributed by atoms with Crippen molar-refractivity contribution in [3.8, 4) is 5.75 Å². The Balaban J connectivity index is 3.01. The van der Waals surface area contributed by atoms with Crippen LogP contribution in [-0.4, -0.2) is 7.11 Å². The van der Waals surface area contributed by atoms with E-state index in [9.17, 15) is 4.39 Å². The van der Waals surface area contributed by atoms with Crippen LogP contribution in [0.4, 0.5) is 4.39 Å². The molecule has 0 heterocycles. The van der Waals surface area contributed by atoms with Crippen molar-refractivity contribution >= 4 is 0 Å². The van der Waals surface area contributed by atoms with Gasteiger partial charge in [-0.15, -0.1) is 0 Å². The Morgan fingerprint density at radius 1 is 1.53 bits per heavy atom. The third kappa shape index (κ3) is 2.67. The summed E-state index contributed by atoms with van der Waals surface area (Å²) in [5.74, 6) is 5.31. The number of halogens is 1. The van der Waals surface area contributed by atoms with Crippen LogP contribution in [0, 0.1) is 5.82 Å². The molecule has 1 rings (SSSR count). The molecule has 0 spiro atoms. The zero-order valence-corrected chi connectivity index (χ0v) is 9.09. The van der Waals surface area contributed by atoms with Gasteiger partial charge in [-0.05, 0) is 12.5 Å². The molecule has 1 unspecified atom stereocenters. The number of rotatable bonds is 5. The lowest BCUT2D eigenvalue weighted by Crippen LogP contribution is -2.28. The van der Waals surface area contributed by atoms with Crippen LogP contribution in [0.5, 0.6) is 5.75 Å². The summed E-state index contributed by atoms with van der Waals surface area (Å²) in [6.45, 7) is 2.03. The van der Waals surface area contributed by atoms with E-state index in [0.29, 0.717) is 5.56 Å². The molecule has 0 fully saturated rings. The highest BCUT2D eigenvalue weighted by molar-refractivity contribution is 5.32. The fourth-order valence-electron chi connectivity index (χ4n) is 1.57. The first kappa shape index (κ1) is 11.9. The lowest BCUT2D eigenvalue weighted by molar-refractivity contribution is 0.377. The quantitative estimate of drug-likeness (QED) is 0.580. The van der Waals surface area contributed by atoms with Crippen LogP contribution in [0.25, 0.3) is 0 Å². The smallest absolute Gasteiger partial charge is 0.169 e. The lowest BCUT2D eigenvalue weighted by Gasteiger charge is -2.17. The maximum Gasteiger partial charge on any atom is 0.169 e. The third-order valence-corrected chi connectivity index (χ3v) is 2.37. The van der Waals surface area contributed by atoms with E-state index in [2.05, 4.69) is 5.43 Å². The highest BCUT2D eigenvalue weighted by Crippen LogP contribution is 2.26. The fraction of sp³-hybridized carbons (Fsp3) is 0.455. The van der Waals surface area contributed by atoms with E-state index in [1.54, 1.807) is 18.2 Å². The summed E-state index contributed by atoms with van der Waals surface area (Å²) in [7, 11) is 1.45.